The zero-order chi connectivity index (χ0) is 15.7. The molecule has 0 fully saturated rings. The number of allylic oxidation sites excluding steroid dienone is 2. The molecule has 1 aromatic carbocycles. The fourth-order valence-electron chi connectivity index (χ4n) is 3.40. The highest BCUT2D eigenvalue weighted by molar-refractivity contribution is 6.56. The van der Waals surface area contributed by atoms with Gasteiger partial charge >= 0.3 is 0 Å². The molecule has 0 saturated carbocycles. The lowest BCUT2D eigenvalue weighted by atomic mass is 9.93. The Kier molecular flexibility index (Phi) is 4.59. The third-order valence-electron chi connectivity index (χ3n) is 5.22. The number of rotatable bonds is 5. The third kappa shape index (κ3) is 3.38. The van der Waals surface area contributed by atoms with Crippen molar-refractivity contribution < 1.29 is 0 Å². The van der Waals surface area contributed by atoms with Gasteiger partial charge in [-0.2, -0.15) is 0 Å². The Labute approximate surface area is 132 Å². The Balaban J connectivity index is 2.23. The van der Waals surface area contributed by atoms with Crippen LogP contribution < -0.4 is 10.5 Å². The molecule has 0 spiro atoms. The highest BCUT2D eigenvalue weighted by Gasteiger charge is 2.36. The van der Waals surface area contributed by atoms with Gasteiger partial charge in [0.05, 0.1) is 15.1 Å². The average molecular weight is 300 g/mol. The van der Waals surface area contributed by atoms with Gasteiger partial charge in [-0.25, -0.2) is 0 Å². The summed E-state index contributed by atoms with van der Waals surface area (Å²) in [6, 6.07) is 11.0. The summed E-state index contributed by atoms with van der Waals surface area (Å²) in [5, 5.41) is 5.78. The minimum absolute atomic E-state index is 0.0146. The van der Waals surface area contributed by atoms with Crippen molar-refractivity contribution in [2.75, 3.05) is 0 Å². The van der Waals surface area contributed by atoms with E-state index in [0.29, 0.717) is 0 Å². The molecule has 0 heterocycles. The van der Waals surface area contributed by atoms with E-state index in [1.54, 1.807) is 0 Å². The van der Waals surface area contributed by atoms with Crippen LogP contribution in [0.3, 0.4) is 0 Å². The molecule has 0 bridgehead atoms. The van der Waals surface area contributed by atoms with Crippen LogP contribution in [-0.2, 0) is 0 Å². The Morgan fingerprint density at radius 2 is 1.76 bits per heavy atom. The first-order valence-electron chi connectivity index (χ1n) is 8.01. The van der Waals surface area contributed by atoms with Gasteiger partial charge in [-0.3, -0.25) is 0 Å². The standard InChI is InChI=1S/C19H29NSi/c1-7-19(6,21-17-11-9-8-10-12-17)20-18(5)13-14(2)15(3)16(18)4/h8-13,20H,7,21H2,1-6H3. The van der Waals surface area contributed by atoms with Crippen molar-refractivity contribution in [3.05, 3.63) is 53.1 Å². The molecule has 2 heteroatoms. The number of benzene rings is 1. The summed E-state index contributed by atoms with van der Waals surface area (Å²) in [7, 11) is -0.384. The summed E-state index contributed by atoms with van der Waals surface area (Å²) in [4.78, 5) is 0. The van der Waals surface area contributed by atoms with Crippen molar-refractivity contribution in [2.24, 2.45) is 0 Å². The van der Waals surface area contributed by atoms with E-state index in [4.69, 9.17) is 0 Å². The second-order valence-electron chi connectivity index (χ2n) is 6.98. The smallest absolute Gasteiger partial charge is 0.0775 e. The van der Waals surface area contributed by atoms with Crippen molar-refractivity contribution in [1.82, 2.24) is 5.32 Å². The predicted octanol–water partition coefficient (Wildman–Crippen LogP) is 3.25. The molecule has 0 saturated heterocycles. The van der Waals surface area contributed by atoms with Crippen molar-refractivity contribution in [3.63, 3.8) is 0 Å². The first kappa shape index (κ1) is 16.3. The van der Waals surface area contributed by atoms with E-state index in [1.807, 2.05) is 0 Å². The van der Waals surface area contributed by atoms with Crippen LogP contribution in [0.25, 0.3) is 0 Å². The van der Waals surface area contributed by atoms with Gasteiger partial charge in [-0.15, -0.1) is 0 Å². The van der Waals surface area contributed by atoms with E-state index in [-0.39, 0.29) is 20.2 Å². The van der Waals surface area contributed by atoms with Crippen molar-refractivity contribution in [2.45, 2.75) is 58.7 Å². The molecular formula is C19H29NSi. The highest BCUT2D eigenvalue weighted by Crippen LogP contribution is 2.35. The lowest BCUT2D eigenvalue weighted by Crippen LogP contribution is -2.59. The van der Waals surface area contributed by atoms with Gasteiger partial charge in [0, 0.05) is 5.16 Å². The minimum Gasteiger partial charge on any atom is -0.302 e. The highest BCUT2D eigenvalue weighted by atomic mass is 28.2. The van der Waals surface area contributed by atoms with Crippen LogP contribution in [0.2, 0.25) is 0 Å². The van der Waals surface area contributed by atoms with Crippen LogP contribution >= 0.6 is 0 Å². The van der Waals surface area contributed by atoms with Crippen LogP contribution in [-0.4, -0.2) is 20.2 Å². The summed E-state index contributed by atoms with van der Waals surface area (Å²) in [5.74, 6) is 0. The summed E-state index contributed by atoms with van der Waals surface area (Å²) >= 11 is 0. The fraction of sp³-hybridized carbons (Fsp3) is 0.474. The van der Waals surface area contributed by atoms with Crippen molar-refractivity contribution in [3.8, 4) is 0 Å². The zero-order valence-corrected chi connectivity index (χ0v) is 15.8. The Bertz CT molecular complexity index is 572. The van der Waals surface area contributed by atoms with Crippen LogP contribution in [0.15, 0.2) is 53.1 Å². The van der Waals surface area contributed by atoms with E-state index >= 15 is 0 Å². The first-order chi connectivity index (χ1) is 9.80. The van der Waals surface area contributed by atoms with Crippen LogP contribution in [0.4, 0.5) is 0 Å². The van der Waals surface area contributed by atoms with Crippen LogP contribution in [0, 0.1) is 0 Å². The minimum atomic E-state index is -0.384. The molecule has 0 aromatic heterocycles. The molecule has 1 aliphatic carbocycles. The Hall–Kier alpha value is -1.12. The average Bonchev–Trinajstić information content (AvgIpc) is 2.63. The molecule has 0 amide bonds. The molecule has 1 nitrogen and oxygen atoms in total. The lowest BCUT2D eigenvalue weighted by Gasteiger charge is -2.39. The topological polar surface area (TPSA) is 12.0 Å². The summed E-state index contributed by atoms with van der Waals surface area (Å²) in [6.07, 6.45) is 3.58. The SMILES string of the molecule is CCC(C)(NC1(C)C=C(C)C(C)=C1C)[SiH2]c1ccccc1. The fourth-order valence-corrected chi connectivity index (χ4v) is 5.51. The van der Waals surface area contributed by atoms with Crippen LogP contribution in [0.5, 0.6) is 0 Å². The lowest BCUT2D eigenvalue weighted by molar-refractivity contribution is 0.380. The third-order valence-corrected chi connectivity index (χ3v) is 7.55. The van der Waals surface area contributed by atoms with E-state index < -0.39 is 0 Å². The van der Waals surface area contributed by atoms with E-state index in [0.717, 1.165) is 0 Å². The van der Waals surface area contributed by atoms with Crippen molar-refractivity contribution >= 4 is 14.7 Å². The molecular weight excluding hydrogens is 270 g/mol. The Morgan fingerprint density at radius 3 is 2.24 bits per heavy atom. The molecule has 114 valence electrons. The van der Waals surface area contributed by atoms with Gasteiger partial charge in [-0.1, -0.05) is 54.1 Å². The van der Waals surface area contributed by atoms with Crippen molar-refractivity contribution in [1.29, 1.82) is 0 Å². The number of hydrogen-bond donors (Lipinski definition) is 1. The largest absolute Gasteiger partial charge is 0.302 e. The molecule has 2 atom stereocenters. The van der Waals surface area contributed by atoms with E-state index in [2.05, 4.69) is 83.3 Å². The molecule has 21 heavy (non-hydrogen) atoms. The molecule has 0 radical (unpaired) electrons. The van der Waals surface area contributed by atoms with E-state index in [9.17, 15) is 0 Å². The number of hydrogen-bond acceptors (Lipinski definition) is 1. The predicted molar refractivity (Wildman–Crippen MR) is 97.0 cm³/mol. The maximum absolute atomic E-state index is 4.00. The van der Waals surface area contributed by atoms with Gasteiger partial charge in [0.1, 0.15) is 0 Å². The molecule has 2 rings (SSSR count). The van der Waals surface area contributed by atoms with Gasteiger partial charge in [0.2, 0.25) is 0 Å². The van der Waals surface area contributed by atoms with Gasteiger partial charge in [0.15, 0.2) is 0 Å². The summed E-state index contributed by atoms with van der Waals surface area (Å²) in [5.41, 5.74) is 4.36. The zero-order valence-electron chi connectivity index (χ0n) is 14.4. The van der Waals surface area contributed by atoms with Gasteiger partial charge < -0.3 is 5.32 Å². The molecule has 1 aromatic rings. The molecule has 0 aliphatic heterocycles. The second kappa shape index (κ2) is 5.94. The molecule has 2 unspecified atom stereocenters. The quantitative estimate of drug-likeness (QED) is 0.823. The Morgan fingerprint density at radius 1 is 1.14 bits per heavy atom. The monoisotopic (exact) mass is 299 g/mol. The summed E-state index contributed by atoms with van der Waals surface area (Å²) < 4.78 is 0. The van der Waals surface area contributed by atoms with Gasteiger partial charge in [0.25, 0.3) is 0 Å². The molecule has 1 aliphatic rings. The number of nitrogens with one attached hydrogen (secondary N) is 1. The maximum Gasteiger partial charge on any atom is 0.0775 e. The van der Waals surface area contributed by atoms with Gasteiger partial charge in [-0.05, 0) is 52.2 Å². The van der Waals surface area contributed by atoms with Crippen LogP contribution in [0.1, 0.15) is 48.0 Å². The normalized spacial score (nSPS) is 25.5. The molecule has 1 N–H and O–H groups in total. The summed E-state index contributed by atoms with van der Waals surface area (Å²) in [6.45, 7) is 13.8. The second-order valence-corrected chi connectivity index (χ2v) is 9.71. The first-order valence-corrected chi connectivity index (χ1v) is 9.42. The maximum atomic E-state index is 4.00. The van der Waals surface area contributed by atoms with E-state index in [1.165, 1.54) is 28.3 Å².